The Hall–Kier alpha value is -1.77. The van der Waals surface area contributed by atoms with Crippen molar-refractivity contribution < 1.29 is 4.74 Å². The van der Waals surface area contributed by atoms with Gasteiger partial charge in [0, 0.05) is 12.1 Å². The van der Waals surface area contributed by atoms with Gasteiger partial charge in [0.2, 0.25) is 0 Å². The summed E-state index contributed by atoms with van der Waals surface area (Å²) in [5.74, 6) is 1.45. The molecule has 2 N–H and O–H groups in total. The molecule has 0 heterocycles. The smallest absolute Gasteiger partial charge is 0.118 e. The summed E-state index contributed by atoms with van der Waals surface area (Å²) in [6, 6.07) is 7.96. The number of allylic oxidation sites excluding steroid dienone is 2. The van der Waals surface area contributed by atoms with Crippen molar-refractivity contribution in [2.24, 2.45) is 10.7 Å². The largest absolute Gasteiger partial charge is 0.497 e. The molecule has 0 atom stereocenters. The predicted molar refractivity (Wildman–Crippen MR) is 67.8 cm³/mol. The maximum Gasteiger partial charge on any atom is 0.118 e. The fraction of sp³-hybridized carbons (Fsp3) is 0.308. The van der Waals surface area contributed by atoms with Crippen LogP contribution < -0.4 is 10.5 Å². The van der Waals surface area contributed by atoms with Crippen LogP contribution in [0.15, 0.2) is 41.0 Å². The first kappa shape index (κ1) is 12.3. The quantitative estimate of drug-likeness (QED) is 0.623. The molecule has 0 aliphatic carbocycles. The highest BCUT2D eigenvalue weighted by atomic mass is 16.5. The zero-order chi connectivity index (χ0) is 12.0. The minimum Gasteiger partial charge on any atom is -0.497 e. The van der Waals surface area contributed by atoms with Crippen molar-refractivity contribution in [1.82, 2.24) is 0 Å². The average molecular weight is 218 g/mol. The first-order valence-electron chi connectivity index (χ1n) is 5.24. The van der Waals surface area contributed by atoms with Gasteiger partial charge in [-0.25, -0.2) is 4.99 Å². The van der Waals surface area contributed by atoms with Crippen molar-refractivity contribution in [3.8, 4) is 5.75 Å². The van der Waals surface area contributed by atoms with E-state index in [-0.39, 0.29) is 0 Å². The van der Waals surface area contributed by atoms with E-state index in [1.54, 1.807) is 14.0 Å². The van der Waals surface area contributed by atoms with Gasteiger partial charge < -0.3 is 10.5 Å². The van der Waals surface area contributed by atoms with Crippen LogP contribution in [0.2, 0.25) is 0 Å². The first-order valence-corrected chi connectivity index (χ1v) is 5.24. The second kappa shape index (κ2) is 5.95. The standard InChI is InChI=1S/C13H18N2O/c1-4-12(15-10(2)14)9-11-5-7-13(16-3)8-6-11/h4-8H,9H2,1-3H3,(H2,14,15)/b12-4-. The molecular weight excluding hydrogens is 200 g/mol. The van der Waals surface area contributed by atoms with Gasteiger partial charge in [0.25, 0.3) is 0 Å². The molecule has 3 heteroatoms. The summed E-state index contributed by atoms with van der Waals surface area (Å²) in [6.07, 6.45) is 2.76. The molecular formula is C13H18N2O. The molecule has 0 bridgehead atoms. The van der Waals surface area contributed by atoms with Crippen LogP contribution in [0.25, 0.3) is 0 Å². The van der Waals surface area contributed by atoms with E-state index in [1.165, 1.54) is 5.56 Å². The zero-order valence-corrected chi connectivity index (χ0v) is 10.0. The van der Waals surface area contributed by atoms with Crippen LogP contribution in [0.4, 0.5) is 0 Å². The Kier molecular flexibility index (Phi) is 4.58. The molecule has 1 rings (SSSR count). The Morgan fingerprint density at radius 3 is 2.44 bits per heavy atom. The van der Waals surface area contributed by atoms with Crippen LogP contribution in [0.1, 0.15) is 19.4 Å². The molecule has 0 spiro atoms. The predicted octanol–water partition coefficient (Wildman–Crippen LogP) is 2.52. The minimum absolute atomic E-state index is 0.585. The fourth-order valence-corrected chi connectivity index (χ4v) is 1.39. The number of benzene rings is 1. The summed E-state index contributed by atoms with van der Waals surface area (Å²) >= 11 is 0. The maximum absolute atomic E-state index is 5.56. The Morgan fingerprint density at radius 1 is 1.38 bits per heavy atom. The molecule has 0 fully saturated rings. The zero-order valence-electron chi connectivity index (χ0n) is 10.0. The third kappa shape index (κ3) is 3.77. The lowest BCUT2D eigenvalue weighted by atomic mass is 10.1. The molecule has 3 nitrogen and oxygen atoms in total. The van der Waals surface area contributed by atoms with Crippen molar-refractivity contribution in [3.05, 3.63) is 41.6 Å². The van der Waals surface area contributed by atoms with Gasteiger partial charge >= 0.3 is 0 Å². The van der Waals surface area contributed by atoms with Crippen LogP contribution in [-0.4, -0.2) is 12.9 Å². The summed E-state index contributed by atoms with van der Waals surface area (Å²) in [6.45, 7) is 3.75. The minimum atomic E-state index is 0.585. The number of nitrogens with two attached hydrogens (primary N) is 1. The van der Waals surface area contributed by atoms with Crippen LogP contribution in [-0.2, 0) is 6.42 Å². The molecule has 86 valence electrons. The molecule has 1 aromatic rings. The number of aliphatic imine (C=N–C) groups is 1. The summed E-state index contributed by atoms with van der Waals surface area (Å²) in [7, 11) is 1.66. The van der Waals surface area contributed by atoms with E-state index in [1.807, 2.05) is 37.3 Å². The highest BCUT2D eigenvalue weighted by Gasteiger charge is 1.98. The van der Waals surface area contributed by atoms with E-state index in [0.29, 0.717) is 5.84 Å². The summed E-state index contributed by atoms with van der Waals surface area (Å²) in [5.41, 5.74) is 7.73. The number of nitrogens with zero attached hydrogens (tertiary/aromatic N) is 1. The van der Waals surface area contributed by atoms with Crippen LogP contribution in [0.3, 0.4) is 0 Å². The third-order valence-electron chi connectivity index (χ3n) is 2.20. The highest BCUT2D eigenvalue weighted by molar-refractivity contribution is 5.78. The third-order valence-corrected chi connectivity index (χ3v) is 2.20. The molecule has 0 amide bonds. The second-order valence-corrected chi connectivity index (χ2v) is 3.56. The number of rotatable bonds is 4. The molecule has 0 aliphatic rings. The van der Waals surface area contributed by atoms with E-state index < -0.39 is 0 Å². The number of hydrogen-bond acceptors (Lipinski definition) is 2. The maximum atomic E-state index is 5.56. The molecule has 1 aromatic carbocycles. The van der Waals surface area contributed by atoms with E-state index in [4.69, 9.17) is 10.5 Å². The van der Waals surface area contributed by atoms with Crippen molar-refractivity contribution in [3.63, 3.8) is 0 Å². The molecule has 0 aliphatic heterocycles. The van der Waals surface area contributed by atoms with Gasteiger partial charge in [0.05, 0.1) is 12.9 Å². The Morgan fingerprint density at radius 2 is 2.00 bits per heavy atom. The molecule has 0 saturated heterocycles. The van der Waals surface area contributed by atoms with Gasteiger partial charge in [-0.2, -0.15) is 0 Å². The second-order valence-electron chi connectivity index (χ2n) is 3.56. The van der Waals surface area contributed by atoms with Crippen molar-refractivity contribution >= 4 is 5.84 Å². The Labute approximate surface area is 96.6 Å². The number of methoxy groups -OCH3 is 1. The monoisotopic (exact) mass is 218 g/mol. The van der Waals surface area contributed by atoms with Crippen molar-refractivity contribution in [2.45, 2.75) is 20.3 Å². The topological polar surface area (TPSA) is 47.6 Å². The van der Waals surface area contributed by atoms with Gasteiger partial charge in [0.1, 0.15) is 5.75 Å². The van der Waals surface area contributed by atoms with E-state index in [2.05, 4.69) is 4.99 Å². The van der Waals surface area contributed by atoms with Gasteiger partial charge in [-0.05, 0) is 31.5 Å². The molecule has 0 radical (unpaired) electrons. The molecule has 0 saturated carbocycles. The normalized spacial score (nSPS) is 12.7. The summed E-state index contributed by atoms with van der Waals surface area (Å²) in [4.78, 5) is 4.26. The van der Waals surface area contributed by atoms with E-state index in [9.17, 15) is 0 Å². The average Bonchev–Trinajstić information content (AvgIpc) is 2.28. The Balaban J connectivity index is 2.75. The molecule has 0 unspecified atom stereocenters. The van der Waals surface area contributed by atoms with Crippen LogP contribution >= 0.6 is 0 Å². The summed E-state index contributed by atoms with van der Waals surface area (Å²) in [5, 5.41) is 0. The van der Waals surface area contributed by atoms with Gasteiger partial charge in [-0.3, -0.25) is 0 Å². The lowest BCUT2D eigenvalue weighted by Gasteiger charge is -2.04. The van der Waals surface area contributed by atoms with Gasteiger partial charge in [-0.15, -0.1) is 0 Å². The SMILES string of the molecule is C/C=C(/Cc1ccc(OC)cc1)N=C(C)N. The van der Waals surface area contributed by atoms with Gasteiger partial charge in [0.15, 0.2) is 0 Å². The lowest BCUT2D eigenvalue weighted by molar-refractivity contribution is 0.414. The van der Waals surface area contributed by atoms with E-state index >= 15 is 0 Å². The van der Waals surface area contributed by atoms with Crippen LogP contribution in [0.5, 0.6) is 5.75 Å². The molecule has 16 heavy (non-hydrogen) atoms. The van der Waals surface area contributed by atoms with Crippen molar-refractivity contribution in [1.29, 1.82) is 0 Å². The number of hydrogen-bond donors (Lipinski definition) is 1. The Bertz CT molecular complexity index is 387. The van der Waals surface area contributed by atoms with Crippen molar-refractivity contribution in [2.75, 3.05) is 7.11 Å². The fourth-order valence-electron chi connectivity index (χ4n) is 1.39. The number of ether oxygens (including phenoxy) is 1. The summed E-state index contributed by atoms with van der Waals surface area (Å²) < 4.78 is 5.10. The van der Waals surface area contributed by atoms with Crippen LogP contribution in [0, 0.1) is 0 Å². The first-order chi connectivity index (χ1) is 7.65. The number of amidine groups is 1. The van der Waals surface area contributed by atoms with E-state index in [0.717, 1.165) is 17.9 Å². The highest BCUT2D eigenvalue weighted by Crippen LogP contribution is 2.14. The van der Waals surface area contributed by atoms with Gasteiger partial charge in [-0.1, -0.05) is 18.2 Å². The lowest BCUT2D eigenvalue weighted by Crippen LogP contribution is -2.06. The molecule has 0 aromatic heterocycles.